The summed E-state index contributed by atoms with van der Waals surface area (Å²) in [6.45, 7) is -0.0583. The van der Waals surface area contributed by atoms with Crippen molar-refractivity contribution in [2.75, 3.05) is 13.6 Å². The van der Waals surface area contributed by atoms with E-state index in [9.17, 15) is 31.5 Å². The summed E-state index contributed by atoms with van der Waals surface area (Å²) in [6, 6.07) is 0.787. The lowest BCUT2D eigenvalue weighted by Crippen LogP contribution is -2.48. The number of likely N-dealkylation sites (tertiary alicyclic amines) is 1. The Morgan fingerprint density at radius 3 is 2.54 bits per heavy atom. The summed E-state index contributed by atoms with van der Waals surface area (Å²) in [5.41, 5.74) is -0.179. The summed E-state index contributed by atoms with van der Waals surface area (Å²) in [6.07, 6.45) is -6.82. The van der Waals surface area contributed by atoms with Gasteiger partial charge in [-0.05, 0) is 42.6 Å². The van der Waals surface area contributed by atoms with E-state index >= 15 is 0 Å². The molecule has 0 aromatic heterocycles. The van der Waals surface area contributed by atoms with Crippen molar-refractivity contribution >= 4 is 23.1 Å². The first-order chi connectivity index (χ1) is 12.0. The standard InChI is InChI=1S/C15H14ClF5N2O3/c1-22(14(25)26-15(19,20)21)9-4-5-23(13(16)24)12(7-9)10-6-8(17)2-3-11(10)18/h2-3,6,9,12H,4-5,7H2,1H3/t9-,12+/m1/s1. The lowest BCUT2D eigenvalue weighted by atomic mass is 9.91. The quantitative estimate of drug-likeness (QED) is 0.419. The predicted molar refractivity (Wildman–Crippen MR) is 80.4 cm³/mol. The van der Waals surface area contributed by atoms with E-state index in [2.05, 4.69) is 4.74 Å². The summed E-state index contributed by atoms with van der Waals surface area (Å²) in [4.78, 5) is 25.0. The van der Waals surface area contributed by atoms with Crippen molar-refractivity contribution < 1.29 is 36.3 Å². The molecule has 0 bridgehead atoms. The van der Waals surface area contributed by atoms with Crippen molar-refractivity contribution in [3.05, 3.63) is 35.4 Å². The fraction of sp³-hybridized carbons (Fsp3) is 0.467. The zero-order valence-corrected chi connectivity index (χ0v) is 14.2. The van der Waals surface area contributed by atoms with Crippen LogP contribution in [0.5, 0.6) is 0 Å². The smallest absolute Gasteiger partial charge is 0.356 e. The zero-order valence-electron chi connectivity index (χ0n) is 13.4. The van der Waals surface area contributed by atoms with Crippen LogP contribution in [-0.4, -0.2) is 47.3 Å². The van der Waals surface area contributed by atoms with Crippen LogP contribution in [0.25, 0.3) is 0 Å². The maximum absolute atomic E-state index is 14.1. The minimum Gasteiger partial charge on any atom is -0.356 e. The Balaban J connectivity index is 2.26. The van der Waals surface area contributed by atoms with Crippen molar-refractivity contribution in [2.24, 2.45) is 0 Å². The van der Waals surface area contributed by atoms with Crippen LogP contribution in [0, 0.1) is 11.6 Å². The highest BCUT2D eigenvalue weighted by Gasteiger charge is 2.40. The Morgan fingerprint density at radius 2 is 1.96 bits per heavy atom. The normalized spacial score (nSPS) is 20.7. The number of carbonyl (C=O) groups is 2. The monoisotopic (exact) mass is 400 g/mol. The molecule has 11 heteroatoms. The summed E-state index contributed by atoms with van der Waals surface area (Å²) in [5.74, 6) is -1.56. The second-order valence-electron chi connectivity index (χ2n) is 5.73. The van der Waals surface area contributed by atoms with E-state index in [1.165, 1.54) is 0 Å². The van der Waals surface area contributed by atoms with Gasteiger partial charge in [0.1, 0.15) is 11.6 Å². The van der Waals surface area contributed by atoms with Crippen LogP contribution >= 0.6 is 11.6 Å². The van der Waals surface area contributed by atoms with Crippen LogP contribution in [0.3, 0.4) is 0 Å². The highest BCUT2D eigenvalue weighted by atomic mass is 35.5. The molecule has 0 aliphatic carbocycles. The molecule has 5 nitrogen and oxygen atoms in total. The van der Waals surface area contributed by atoms with Gasteiger partial charge >= 0.3 is 17.8 Å². The Hall–Kier alpha value is -2.10. The zero-order chi connectivity index (χ0) is 19.6. The van der Waals surface area contributed by atoms with E-state index in [1.807, 2.05) is 0 Å². The van der Waals surface area contributed by atoms with Crippen LogP contribution in [-0.2, 0) is 4.74 Å². The maximum atomic E-state index is 14.1. The highest BCUT2D eigenvalue weighted by Crippen LogP contribution is 2.36. The third kappa shape index (κ3) is 4.75. The minimum atomic E-state index is -5.15. The number of piperidine rings is 1. The van der Waals surface area contributed by atoms with Gasteiger partial charge < -0.3 is 14.5 Å². The lowest BCUT2D eigenvalue weighted by Gasteiger charge is -2.41. The van der Waals surface area contributed by atoms with Gasteiger partial charge in [-0.25, -0.2) is 13.6 Å². The van der Waals surface area contributed by atoms with Gasteiger partial charge in [0.25, 0.3) is 0 Å². The molecule has 0 unspecified atom stereocenters. The van der Waals surface area contributed by atoms with Gasteiger partial charge in [-0.2, -0.15) is 0 Å². The highest BCUT2D eigenvalue weighted by molar-refractivity contribution is 6.62. The lowest BCUT2D eigenvalue weighted by molar-refractivity contribution is -0.295. The van der Waals surface area contributed by atoms with Crippen LogP contribution in [0.4, 0.5) is 31.5 Å². The molecule has 1 fully saturated rings. The first kappa shape index (κ1) is 20.2. The Bertz CT molecular complexity index is 700. The molecule has 0 radical (unpaired) electrons. The molecule has 26 heavy (non-hydrogen) atoms. The van der Waals surface area contributed by atoms with Gasteiger partial charge in [0.05, 0.1) is 6.04 Å². The number of benzene rings is 1. The number of hydrogen-bond donors (Lipinski definition) is 0. The number of alkyl halides is 3. The molecule has 2 rings (SSSR count). The number of hydrogen-bond acceptors (Lipinski definition) is 3. The molecule has 1 heterocycles. The van der Waals surface area contributed by atoms with Gasteiger partial charge in [0.2, 0.25) is 0 Å². The summed E-state index contributed by atoms with van der Waals surface area (Å²) >= 11 is 5.49. The Kier molecular flexibility index (Phi) is 5.94. The molecule has 1 aliphatic rings. The van der Waals surface area contributed by atoms with Gasteiger partial charge in [-0.1, -0.05) is 0 Å². The molecular weight excluding hydrogens is 387 g/mol. The predicted octanol–water partition coefficient (Wildman–Crippen LogP) is 4.42. The van der Waals surface area contributed by atoms with Gasteiger partial charge in [0.15, 0.2) is 0 Å². The van der Waals surface area contributed by atoms with E-state index in [0.717, 1.165) is 30.1 Å². The van der Waals surface area contributed by atoms with Crippen molar-refractivity contribution in [1.29, 1.82) is 0 Å². The Morgan fingerprint density at radius 1 is 1.31 bits per heavy atom. The van der Waals surface area contributed by atoms with Crippen LogP contribution in [0.1, 0.15) is 24.4 Å². The van der Waals surface area contributed by atoms with Crippen LogP contribution in [0.15, 0.2) is 18.2 Å². The van der Waals surface area contributed by atoms with E-state index in [0.29, 0.717) is 4.90 Å². The molecule has 1 aromatic rings. The molecule has 0 saturated carbocycles. The number of rotatable bonds is 2. The topological polar surface area (TPSA) is 49.9 Å². The molecule has 1 aliphatic heterocycles. The molecule has 0 N–H and O–H groups in total. The Labute approximate surface area is 150 Å². The second kappa shape index (κ2) is 7.65. The first-order valence-corrected chi connectivity index (χ1v) is 7.81. The van der Waals surface area contributed by atoms with Gasteiger partial charge in [-0.3, -0.25) is 4.79 Å². The number of carbonyl (C=O) groups excluding carboxylic acids is 2. The van der Waals surface area contributed by atoms with Crippen LogP contribution in [0.2, 0.25) is 0 Å². The van der Waals surface area contributed by atoms with E-state index in [-0.39, 0.29) is 24.9 Å². The number of halogens is 6. The third-order valence-electron chi connectivity index (χ3n) is 4.16. The van der Waals surface area contributed by atoms with Gasteiger partial charge in [0, 0.05) is 25.2 Å². The SMILES string of the molecule is CN(C(=O)OC(F)(F)F)[C@@H]1CCN(C(=O)Cl)[C@H](c2cc(F)ccc2F)C1. The van der Waals surface area contributed by atoms with Crippen molar-refractivity contribution in [3.8, 4) is 0 Å². The maximum Gasteiger partial charge on any atom is 0.576 e. The van der Waals surface area contributed by atoms with Crippen molar-refractivity contribution in [1.82, 2.24) is 9.80 Å². The summed E-state index contributed by atoms with van der Waals surface area (Å²) < 4.78 is 67.6. The molecule has 2 atom stereocenters. The fourth-order valence-electron chi connectivity index (χ4n) is 2.89. The number of ether oxygens (including phenoxy) is 1. The van der Waals surface area contributed by atoms with Gasteiger partial charge in [-0.15, -0.1) is 13.2 Å². The molecule has 144 valence electrons. The fourth-order valence-corrected chi connectivity index (χ4v) is 3.10. The van der Waals surface area contributed by atoms with Crippen molar-refractivity contribution in [3.63, 3.8) is 0 Å². The minimum absolute atomic E-state index is 0.0583. The summed E-state index contributed by atoms with van der Waals surface area (Å²) in [5, 5.41) is -0.919. The van der Waals surface area contributed by atoms with Crippen molar-refractivity contribution in [2.45, 2.75) is 31.3 Å². The second-order valence-corrected chi connectivity index (χ2v) is 6.05. The third-order valence-corrected chi connectivity index (χ3v) is 4.37. The molecule has 1 aromatic carbocycles. The van der Waals surface area contributed by atoms with E-state index < -0.39 is 41.5 Å². The number of amides is 2. The molecule has 0 spiro atoms. The largest absolute Gasteiger partial charge is 0.576 e. The van der Waals surface area contributed by atoms with E-state index in [4.69, 9.17) is 11.6 Å². The average molecular weight is 401 g/mol. The summed E-state index contributed by atoms with van der Waals surface area (Å²) in [7, 11) is 1.09. The molecule has 1 saturated heterocycles. The number of nitrogens with zero attached hydrogens (tertiary/aromatic N) is 2. The average Bonchev–Trinajstić information content (AvgIpc) is 2.54. The molecule has 2 amide bonds. The van der Waals surface area contributed by atoms with Crippen LogP contribution < -0.4 is 0 Å². The van der Waals surface area contributed by atoms with E-state index in [1.54, 1.807) is 0 Å². The molecular formula is C15H14ClF5N2O3. The first-order valence-electron chi connectivity index (χ1n) is 7.43.